The molecule has 1 heterocycles. The van der Waals surface area contributed by atoms with E-state index >= 15 is 0 Å². The summed E-state index contributed by atoms with van der Waals surface area (Å²) in [5, 5.41) is 32.8. The molecule has 0 spiro atoms. The Bertz CT molecular complexity index is 890. The van der Waals surface area contributed by atoms with Crippen LogP contribution in [0, 0.1) is 20.0 Å². The van der Waals surface area contributed by atoms with E-state index in [1.807, 2.05) is 0 Å². The largest absolute Gasteiger partial charge is 0 e. The molecule has 1 rings (SSSR count). The van der Waals surface area contributed by atoms with Crippen molar-refractivity contribution in [2.24, 2.45) is 5.73 Å². The molecule has 17 nitrogen and oxygen atoms in total. The van der Waals surface area contributed by atoms with E-state index in [0.29, 0.717) is 31.5 Å². The maximum absolute atomic E-state index is 11.9. The third-order valence-electron chi connectivity index (χ3n) is 4.09. The number of carbonyl (C=O) groups excluding carboxylic acids is 3. The first kappa shape index (κ1) is 41.4. The summed E-state index contributed by atoms with van der Waals surface area (Å²) in [6.07, 6.45) is 2.99. The molecule has 3 amide bonds. The fourth-order valence-electron chi connectivity index (χ4n) is 2.49. The van der Waals surface area contributed by atoms with Crippen LogP contribution < -0.4 is 21.7 Å². The summed E-state index contributed by atoms with van der Waals surface area (Å²) in [6.45, 7) is 13.8. The zero-order valence-corrected chi connectivity index (χ0v) is 21.8. The first-order valence-corrected chi connectivity index (χ1v) is 10.2. The van der Waals surface area contributed by atoms with Crippen molar-refractivity contribution in [3.05, 3.63) is 31.8 Å². The number of carboxylic acid groups (broad SMARTS) is 2. The Morgan fingerprint density at radius 3 is 2.16 bits per heavy atom. The number of nitrogens with one attached hydrogen (secondary N) is 3. The van der Waals surface area contributed by atoms with Crippen LogP contribution >= 0.6 is 0 Å². The molecule has 18 heteroatoms. The fraction of sp³-hybridized carbons (Fsp3) is 0.500. The van der Waals surface area contributed by atoms with E-state index in [2.05, 4.69) is 46.2 Å². The van der Waals surface area contributed by atoms with Gasteiger partial charge in [-0.15, -0.1) is 5.10 Å². The van der Waals surface area contributed by atoms with Crippen LogP contribution in [0.15, 0.2) is 6.20 Å². The number of aliphatic carboxylic acids is 2. The van der Waals surface area contributed by atoms with E-state index in [4.69, 9.17) is 24.8 Å². The summed E-state index contributed by atoms with van der Waals surface area (Å²) >= 11 is 0. The second-order valence-corrected chi connectivity index (χ2v) is 6.68. The van der Waals surface area contributed by atoms with Crippen LogP contribution in [0.5, 0.6) is 0 Å². The van der Waals surface area contributed by atoms with Gasteiger partial charge in [0.15, 0.2) is 0 Å². The van der Waals surface area contributed by atoms with Crippen molar-refractivity contribution in [2.45, 2.75) is 50.7 Å². The third kappa shape index (κ3) is 21.6. The van der Waals surface area contributed by atoms with E-state index in [9.17, 15) is 29.1 Å². The molecule has 0 aliphatic rings. The van der Waals surface area contributed by atoms with Crippen LogP contribution in [0.25, 0.3) is 0 Å². The Labute approximate surface area is 230 Å². The molecule has 38 heavy (non-hydrogen) atoms. The molecule has 2 atom stereocenters. The molecule has 1 radical (unpaired) electrons. The number of carboxylic acids is 2. The molecule has 0 saturated heterocycles. The second-order valence-electron chi connectivity index (χ2n) is 6.68. The number of hydrogen-bond acceptors (Lipinski definition) is 8. The Balaban J connectivity index is -0.000000767. The second kappa shape index (κ2) is 27.9. The Morgan fingerprint density at radius 2 is 1.63 bits per heavy atom. The Kier molecular flexibility index (Phi) is 30.4. The summed E-state index contributed by atoms with van der Waals surface area (Å²) in [4.78, 5) is 55.7. The number of aromatic nitrogens is 3. The van der Waals surface area contributed by atoms with E-state index in [1.165, 1.54) is 10.9 Å². The molecule has 7 N–H and O–H groups in total. The SMILES string of the molecule is N[C@@H](Cc1cn(CC(=O)NCCCCC(NC(=O)CCNC=O)C(=O)O)nn1)C(=O)O.[C-]#[O+].[C-]#[O+].[C-]#[O+].[Tc]. The van der Waals surface area contributed by atoms with Gasteiger partial charge in [0.25, 0.3) is 0 Å². The molecule has 0 fully saturated rings. The molecule has 209 valence electrons. The van der Waals surface area contributed by atoms with E-state index in [-0.39, 0.29) is 58.4 Å². The monoisotopic (exact) mass is 622 g/mol. The first-order chi connectivity index (χ1) is 17.7. The molecular formula is C20H27N7O10Tc. The number of unbranched alkanes of at least 4 members (excludes halogenated alkanes) is 1. The zero-order valence-electron chi connectivity index (χ0n) is 19.9. The normalized spacial score (nSPS) is 10.3. The van der Waals surface area contributed by atoms with Gasteiger partial charge in [0.2, 0.25) is 18.2 Å². The average Bonchev–Trinajstić information content (AvgIpc) is 3.33. The number of nitrogens with two attached hydrogens (primary N) is 1. The minimum atomic E-state index is -1.16. The number of amides is 3. The van der Waals surface area contributed by atoms with Crippen molar-refractivity contribution < 1.29 is 68.2 Å². The van der Waals surface area contributed by atoms with Gasteiger partial charge in [-0.25, -0.2) is 9.48 Å². The summed E-state index contributed by atoms with van der Waals surface area (Å²) in [7, 11) is 0. The molecule has 0 aromatic carbocycles. The Hall–Kier alpha value is -3.68. The minimum absolute atomic E-state index is 0. The van der Waals surface area contributed by atoms with Crippen molar-refractivity contribution in [1.29, 1.82) is 0 Å². The molecule has 1 aromatic rings. The topological polar surface area (TPSA) is 278 Å². The molecule has 0 aliphatic carbocycles. The van der Waals surface area contributed by atoms with Crippen LogP contribution in [-0.4, -0.2) is 80.5 Å². The van der Waals surface area contributed by atoms with Gasteiger partial charge in [0.1, 0.15) is 18.6 Å². The van der Waals surface area contributed by atoms with Gasteiger partial charge in [-0.3, -0.25) is 19.2 Å². The summed E-state index contributed by atoms with van der Waals surface area (Å²) in [5.74, 6) is -3.14. The molecule has 0 aliphatic heterocycles. The van der Waals surface area contributed by atoms with Crippen molar-refractivity contribution in [2.75, 3.05) is 13.1 Å². The third-order valence-corrected chi connectivity index (χ3v) is 4.09. The van der Waals surface area contributed by atoms with Gasteiger partial charge in [-0.2, -0.15) is 0 Å². The van der Waals surface area contributed by atoms with Crippen LogP contribution in [-0.2, 0) is 71.0 Å². The first-order valence-electron chi connectivity index (χ1n) is 10.2. The van der Waals surface area contributed by atoms with Gasteiger partial charge in [-0.05, 0) is 19.3 Å². The molecule has 0 saturated carbocycles. The fourth-order valence-corrected chi connectivity index (χ4v) is 2.49. The predicted octanol–water partition coefficient (Wildman–Crippen LogP) is -2.89. The van der Waals surface area contributed by atoms with E-state index in [1.54, 1.807) is 0 Å². The zero-order chi connectivity index (χ0) is 29.2. The summed E-state index contributed by atoms with van der Waals surface area (Å²) in [5.41, 5.74) is 5.77. The molecule has 1 unspecified atom stereocenters. The average molecular weight is 623 g/mol. The summed E-state index contributed by atoms with van der Waals surface area (Å²) in [6, 6.07) is -2.16. The maximum atomic E-state index is 11.9. The molecular weight excluding hydrogens is 596 g/mol. The van der Waals surface area contributed by atoms with Gasteiger partial charge in [0, 0.05) is 52.2 Å². The van der Waals surface area contributed by atoms with Gasteiger partial charge in [0.05, 0.1) is 5.69 Å². The van der Waals surface area contributed by atoms with E-state index < -0.39 is 29.9 Å². The Morgan fingerprint density at radius 1 is 1.03 bits per heavy atom. The van der Waals surface area contributed by atoms with Crippen molar-refractivity contribution in [3.63, 3.8) is 0 Å². The minimum Gasteiger partial charge on any atom is 0 e. The number of hydrogen-bond donors (Lipinski definition) is 6. The van der Waals surface area contributed by atoms with Gasteiger partial charge < -0.3 is 31.9 Å². The van der Waals surface area contributed by atoms with Gasteiger partial charge >= 0.3 is 45.8 Å². The quantitative estimate of drug-likeness (QED) is 0.0473. The van der Waals surface area contributed by atoms with Crippen LogP contribution in [0.2, 0.25) is 0 Å². The van der Waals surface area contributed by atoms with Crippen LogP contribution in [0.1, 0.15) is 31.4 Å². The number of rotatable bonds is 16. The van der Waals surface area contributed by atoms with Crippen molar-refractivity contribution >= 4 is 30.2 Å². The standard InChI is InChI=1S/C17H27N7O7.3CO.Tc/c18-12(16(28)29)7-11-8-24(23-22-11)9-15(27)20-5-2-1-3-13(17(30)31)21-14(26)4-6-19-10-25;3*1-2;/h8,10,12-13H,1-7,9,18H2,(H,19,25)(H,20,27)(H,21,26)(H,28,29)(H,30,31);;;;/t12-,13?;;;;/m0..../s1. The predicted molar refractivity (Wildman–Crippen MR) is 116 cm³/mol. The number of nitrogens with zero attached hydrogens (tertiary/aromatic N) is 3. The van der Waals surface area contributed by atoms with Crippen LogP contribution in [0.3, 0.4) is 0 Å². The smallest absolute Gasteiger partial charge is 0 e. The van der Waals surface area contributed by atoms with Crippen molar-refractivity contribution in [3.8, 4) is 0 Å². The van der Waals surface area contributed by atoms with Crippen molar-refractivity contribution in [1.82, 2.24) is 30.9 Å². The number of carbonyl (C=O) groups is 5. The maximum Gasteiger partial charge on any atom is 0 e. The van der Waals surface area contributed by atoms with Gasteiger partial charge in [-0.1, -0.05) is 5.21 Å². The van der Waals surface area contributed by atoms with Crippen LogP contribution in [0.4, 0.5) is 0 Å². The molecule has 1 aromatic heterocycles. The summed E-state index contributed by atoms with van der Waals surface area (Å²) < 4.78 is 23.8. The molecule has 0 bridgehead atoms. The van der Waals surface area contributed by atoms with E-state index in [0.717, 1.165) is 0 Å².